The first-order valence-electron chi connectivity index (χ1n) is 9.93. The van der Waals surface area contributed by atoms with E-state index >= 15 is 0 Å². The molecular formula is C21H25N5O4. The maximum absolute atomic E-state index is 8.98. The predicted molar refractivity (Wildman–Crippen MR) is 111 cm³/mol. The van der Waals surface area contributed by atoms with Crippen LogP contribution in [-0.2, 0) is 4.74 Å². The number of guanidine groups is 1. The standard InChI is InChI=1S/C21H25N5O4/c1-28-10-3-11-29-17-8-7-14-12-16(6-5-15(14)13-17)19-23-20(30-25-19)18-4-2-9-26(18)21(22)24-27/h5-8,12-13,18,27H,2-4,9-11H2,1H3,(H2,22,24)/t18-/m0/s1. The molecule has 1 fully saturated rings. The molecule has 0 unspecified atom stereocenters. The third-order valence-corrected chi connectivity index (χ3v) is 5.21. The fraction of sp³-hybridized carbons (Fsp3) is 0.381. The smallest absolute Gasteiger partial charge is 0.249 e. The highest BCUT2D eigenvalue weighted by molar-refractivity contribution is 5.87. The molecule has 0 radical (unpaired) electrons. The number of benzene rings is 2. The van der Waals surface area contributed by atoms with E-state index < -0.39 is 0 Å². The molecule has 0 aliphatic carbocycles. The molecule has 0 saturated carbocycles. The molecule has 0 bridgehead atoms. The molecule has 1 aromatic heterocycles. The number of methoxy groups -OCH3 is 1. The van der Waals surface area contributed by atoms with Crippen LogP contribution < -0.4 is 10.5 Å². The number of hydrogen-bond acceptors (Lipinski definition) is 7. The fourth-order valence-electron chi connectivity index (χ4n) is 3.69. The van der Waals surface area contributed by atoms with E-state index in [4.69, 9.17) is 24.9 Å². The lowest BCUT2D eigenvalue weighted by Crippen LogP contribution is -2.36. The Balaban J connectivity index is 1.51. The number of fused-ring (bicyclic) bond motifs is 1. The Labute approximate surface area is 174 Å². The summed E-state index contributed by atoms with van der Waals surface area (Å²) >= 11 is 0. The van der Waals surface area contributed by atoms with Gasteiger partial charge in [-0.05, 0) is 41.8 Å². The highest BCUT2D eigenvalue weighted by Gasteiger charge is 2.32. The zero-order valence-electron chi connectivity index (χ0n) is 16.8. The first-order chi connectivity index (χ1) is 14.7. The number of nitrogens with zero attached hydrogens (tertiary/aromatic N) is 4. The van der Waals surface area contributed by atoms with Crippen molar-refractivity contribution in [3.05, 3.63) is 42.3 Å². The molecule has 3 N–H and O–H groups in total. The Kier molecular flexibility index (Phi) is 5.99. The lowest BCUT2D eigenvalue weighted by Gasteiger charge is -2.21. The molecule has 2 aromatic carbocycles. The van der Waals surface area contributed by atoms with Crippen molar-refractivity contribution in [2.45, 2.75) is 25.3 Å². The van der Waals surface area contributed by atoms with Gasteiger partial charge in [0.1, 0.15) is 11.8 Å². The Bertz CT molecular complexity index is 1040. The molecule has 9 nitrogen and oxygen atoms in total. The minimum atomic E-state index is -0.180. The third-order valence-electron chi connectivity index (χ3n) is 5.21. The van der Waals surface area contributed by atoms with Crippen LogP contribution in [0.4, 0.5) is 0 Å². The van der Waals surface area contributed by atoms with E-state index in [-0.39, 0.29) is 12.0 Å². The number of nitrogens with two attached hydrogens (primary N) is 1. The van der Waals surface area contributed by atoms with Gasteiger partial charge in [-0.1, -0.05) is 28.5 Å². The van der Waals surface area contributed by atoms with Crippen molar-refractivity contribution >= 4 is 16.7 Å². The molecule has 3 aromatic rings. The van der Waals surface area contributed by atoms with Gasteiger partial charge in [-0.15, -0.1) is 0 Å². The second-order valence-corrected chi connectivity index (χ2v) is 7.18. The van der Waals surface area contributed by atoms with Gasteiger partial charge in [0.25, 0.3) is 0 Å². The van der Waals surface area contributed by atoms with Crippen molar-refractivity contribution in [1.29, 1.82) is 0 Å². The van der Waals surface area contributed by atoms with Crippen LogP contribution in [0.3, 0.4) is 0 Å². The van der Waals surface area contributed by atoms with Gasteiger partial charge in [-0.25, -0.2) is 0 Å². The van der Waals surface area contributed by atoms with E-state index in [9.17, 15) is 0 Å². The van der Waals surface area contributed by atoms with Gasteiger partial charge in [0.15, 0.2) is 0 Å². The number of aromatic nitrogens is 2. The molecular weight excluding hydrogens is 386 g/mol. The average Bonchev–Trinajstić information content (AvgIpc) is 3.45. The van der Waals surface area contributed by atoms with Gasteiger partial charge in [-0.2, -0.15) is 4.98 Å². The second-order valence-electron chi connectivity index (χ2n) is 7.18. The highest BCUT2D eigenvalue weighted by atomic mass is 16.5. The lowest BCUT2D eigenvalue weighted by atomic mass is 10.1. The van der Waals surface area contributed by atoms with Crippen molar-refractivity contribution in [1.82, 2.24) is 15.0 Å². The van der Waals surface area contributed by atoms with Gasteiger partial charge in [0.05, 0.1) is 6.61 Å². The van der Waals surface area contributed by atoms with Crippen LogP contribution in [0.2, 0.25) is 0 Å². The summed E-state index contributed by atoms with van der Waals surface area (Å²) in [6.07, 6.45) is 2.56. The van der Waals surface area contributed by atoms with Crippen LogP contribution in [0.1, 0.15) is 31.2 Å². The normalized spacial score (nSPS) is 17.0. The number of rotatable bonds is 7. The van der Waals surface area contributed by atoms with Gasteiger partial charge in [-0.3, -0.25) is 0 Å². The van der Waals surface area contributed by atoms with Gasteiger partial charge < -0.3 is 29.8 Å². The maximum atomic E-state index is 8.98. The number of ether oxygens (including phenoxy) is 2. The van der Waals surface area contributed by atoms with Crippen LogP contribution in [0.25, 0.3) is 22.2 Å². The first-order valence-corrected chi connectivity index (χ1v) is 9.93. The Hall–Kier alpha value is -3.33. The molecule has 1 aliphatic rings. The van der Waals surface area contributed by atoms with Crippen molar-refractivity contribution in [2.75, 3.05) is 26.9 Å². The summed E-state index contributed by atoms with van der Waals surface area (Å²) in [6, 6.07) is 11.8. The second kappa shape index (κ2) is 9.00. The molecule has 30 heavy (non-hydrogen) atoms. The van der Waals surface area contributed by atoms with E-state index in [1.165, 1.54) is 0 Å². The summed E-state index contributed by atoms with van der Waals surface area (Å²) < 4.78 is 16.3. The molecule has 0 amide bonds. The molecule has 0 spiro atoms. The molecule has 158 valence electrons. The first kappa shape index (κ1) is 20.0. The van der Waals surface area contributed by atoms with Gasteiger partial charge in [0, 0.05) is 32.2 Å². The Morgan fingerprint density at radius 1 is 1.27 bits per heavy atom. The van der Waals surface area contributed by atoms with Gasteiger partial charge in [0.2, 0.25) is 17.7 Å². The zero-order chi connectivity index (χ0) is 20.9. The zero-order valence-corrected chi connectivity index (χ0v) is 16.8. The average molecular weight is 411 g/mol. The fourth-order valence-corrected chi connectivity index (χ4v) is 3.69. The van der Waals surface area contributed by atoms with E-state index in [0.717, 1.165) is 41.3 Å². The minimum Gasteiger partial charge on any atom is -0.493 e. The third kappa shape index (κ3) is 4.16. The van der Waals surface area contributed by atoms with Crippen molar-refractivity contribution in [3.8, 4) is 17.1 Å². The van der Waals surface area contributed by atoms with Crippen LogP contribution in [0, 0.1) is 0 Å². The summed E-state index contributed by atoms with van der Waals surface area (Å²) in [5, 5.41) is 18.3. The van der Waals surface area contributed by atoms with Gasteiger partial charge >= 0.3 is 0 Å². The van der Waals surface area contributed by atoms with E-state index in [1.807, 2.05) is 36.4 Å². The molecule has 1 saturated heterocycles. The van der Waals surface area contributed by atoms with E-state index in [1.54, 1.807) is 12.0 Å². The summed E-state index contributed by atoms with van der Waals surface area (Å²) in [5.74, 6) is 1.87. The lowest BCUT2D eigenvalue weighted by molar-refractivity contribution is 0.172. The summed E-state index contributed by atoms with van der Waals surface area (Å²) in [5.41, 5.74) is 6.62. The van der Waals surface area contributed by atoms with Crippen molar-refractivity contribution in [3.63, 3.8) is 0 Å². The van der Waals surface area contributed by atoms with Crippen molar-refractivity contribution in [2.24, 2.45) is 10.9 Å². The molecule has 1 aliphatic heterocycles. The Morgan fingerprint density at radius 2 is 2.10 bits per heavy atom. The molecule has 1 atom stereocenters. The predicted octanol–water partition coefficient (Wildman–Crippen LogP) is 3.15. The van der Waals surface area contributed by atoms with Crippen molar-refractivity contribution < 1.29 is 19.2 Å². The summed E-state index contributed by atoms with van der Waals surface area (Å²) in [6.45, 7) is 1.98. The van der Waals surface area contributed by atoms with Crippen LogP contribution in [-0.4, -0.2) is 53.1 Å². The minimum absolute atomic E-state index is 0.0585. The SMILES string of the molecule is COCCCOc1ccc2cc(-c3noc([C@@H]4CCCN4/C(N)=N/O)n3)ccc2c1. The highest BCUT2D eigenvalue weighted by Crippen LogP contribution is 2.32. The Morgan fingerprint density at radius 3 is 2.93 bits per heavy atom. The van der Waals surface area contributed by atoms with Crippen LogP contribution in [0.5, 0.6) is 5.75 Å². The molecule has 4 rings (SSSR count). The number of likely N-dealkylation sites (tertiary alicyclic amines) is 1. The summed E-state index contributed by atoms with van der Waals surface area (Å²) in [4.78, 5) is 6.33. The monoisotopic (exact) mass is 411 g/mol. The quantitative estimate of drug-likeness (QED) is 0.200. The van der Waals surface area contributed by atoms with Crippen LogP contribution in [0.15, 0.2) is 46.1 Å². The number of hydrogen-bond donors (Lipinski definition) is 2. The summed E-state index contributed by atoms with van der Waals surface area (Å²) in [7, 11) is 1.68. The van der Waals surface area contributed by atoms with E-state index in [0.29, 0.717) is 31.5 Å². The number of oxime groups is 1. The largest absolute Gasteiger partial charge is 0.493 e. The molecule has 9 heteroatoms. The topological polar surface area (TPSA) is 119 Å². The maximum Gasteiger partial charge on any atom is 0.249 e. The van der Waals surface area contributed by atoms with E-state index in [2.05, 4.69) is 15.3 Å². The molecule has 2 heterocycles. The van der Waals surface area contributed by atoms with Crippen LogP contribution >= 0.6 is 0 Å².